The zero-order valence-corrected chi connectivity index (χ0v) is 16.4. The van der Waals surface area contributed by atoms with Crippen molar-refractivity contribution in [3.8, 4) is 11.3 Å². The van der Waals surface area contributed by atoms with Crippen LogP contribution in [0, 0.1) is 0 Å². The van der Waals surface area contributed by atoms with Gasteiger partial charge in [-0.1, -0.05) is 88.6 Å². The first kappa shape index (κ1) is 20.1. The van der Waals surface area contributed by atoms with Crippen LogP contribution in [0.1, 0.15) is 58.9 Å². The maximum absolute atomic E-state index is 15.1. The summed E-state index contributed by atoms with van der Waals surface area (Å²) < 4.78 is 15.1. The van der Waals surface area contributed by atoms with Gasteiger partial charge in [0.25, 0.3) is 0 Å². The molecule has 0 saturated heterocycles. The number of alkyl halides is 1. The lowest BCUT2D eigenvalue weighted by molar-refractivity contribution is 0.176. The predicted octanol–water partition coefficient (Wildman–Crippen LogP) is 7.69. The van der Waals surface area contributed by atoms with Gasteiger partial charge in [0.15, 0.2) is 0 Å². The minimum atomic E-state index is -1.34. The van der Waals surface area contributed by atoms with Crippen molar-refractivity contribution in [3.63, 3.8) is 0 Å². The first-order chi connectivity index (χ1) is 12.5. The highest BCUT2D eigenvalue weighted by atomic mass is 19.1. The van der Waals surface area contributed by atoms with Gasteiger partial charge in [0.05, 0.1) is 5.69 Å². The van der Waals surface area contributed by atoms with E-state index in [1.165, 1.54) is 12.8 Å². The van der Waals surface area contributed by atoms with Crippen LogP contribution in [0.5, 0.6) is 0 Å². The molecule has 1 atom stereocenters. The molecule has 0 bridgehead atoms. The van der Waals surface area contributed by atoms with E-state index < -0.39 is 5.67 Å². The fourth-order valence-corrected chi connectivity index (χ4v) is 3.08. The molecule has 0 fully saturated rings. The highest BCUT2D eigenvalue weighted by Crippen LogP contribution is 2.38. The van der Waals surface area contributed by atoms with Crippen LogP contribution >= 0.6 is 0 Å². The second-order valence-electron chi connectivity index (χ2n) is 6.87. The van der Waals surface area contributed by atoms with Crippen molar-refractivity contribution >= 4 is 10.8 Å². The van der Waals surface area contributed by atoms with Crippen molar-refractivity contribution in [2.24, 2.45) is 0 Å². The highest BCUT2D eigenvalue weighted by molar-refractivity contribution is 5.95. The molecule has 0 aliphatic carbocycles. The van der Waals surface area contributed by atoms with Gasteiger partial charge in [0.1, 0.15) is 5.67 Å². The Balaban J connectivity index is 0.000000552. The van der Waals surface area contributed by atoms with Crippen molar-refractivity contribution in [2.75, 3.05) is 0 Å². The molecule has 0 aliphatic rings. The molecule has 0 amide bonds. The van der Waals surface area contributed by atoms with Gasteiger partial charge >= 0.3 is 0 Å². The molecular weight excluding hydrogens is 321 g/mol. The molecule has 3 rings (SSSR count). The van der Waals surface area contributed by atoms with Crippen LogP contribution in [0.2, 0.25) is 0 Å². The summed E-state index contributed by atoms with van der Waals surface area (Å²) in [7, 11) is 0. The number of hydrogen-bond donors (Lipinski definition) is 0. The van der Waals surface area contributed by atoms with Crippen molar-refractivity contribution in [1.82, 2.24) is 4.98 Å². The molecule has 2 heteroatoms. The van der Waals surface area contributed by atoms with Crippen molar-refractivity contribution in [1.29, 1.82) is 0 Å². The Labute approximate surface area is 157 Å². The third-order valence-corrected chi connectivity index (χ3v) is 4.64. The molecule has 26 heavy (non-hydrogen) atoms. The van der Waals surface area contributed by atoms with E-state index in [1.807, 2.05) is 55.5 Å². The maximum atomic E-state index is 15.1. The Morgan fingerprint density at radius 1 is 0.846 bits per heavy atom. The van der Waals surface area contributed by atoms with Crippen LogP contribution in [-0.2, 0) is 5.67 Å². The molecule has 0 saturated carbocycles. The van der Waals surface area contributed by atoms with Crippen LogP contribution in [0.15, 0.2) is 60.8 Å². The smallest absolute Gasteiger partial charge is 0.133 e. The summed E-state index contributed by atoms with van der Waals surface area (Å²) in [6, 6.07) is 17.8. The van der Waals surface area contributed by atoms with Crippen molar-refractivity contribution < 1.29 is 4.39 Å². The molecule has 0 spiro atoms. The Morgan fingerprint density at radius 2 is 1.50 bits per heavy atom. The molecule has 138 valence electrons. The second-order valence-corrected chi connectivity index (χ2v) is 6.87. The lowest BCUT2D eigenvalue weighted by Gasteiger charge is -2.23. The third-order valence-electron chi connectivity index (χ3n) is 4.64. The van der Waals surface area contributed by atoms with Crippen LogP contribution in [0.4, 0.5) is 4.39 Å². The molecule has 1 aromatic heterocycles. The third kappa shape index (κ3) is 4.69. The normalized spacial score (nSPS) is 13.0. The molecule has 2 aromatic carbocycles. The average molecular weight is 352 g/mol. The van der Waals surface area contributed by atoms with Crippen LogP contribution in [0.3, 0.4) is 0 Å². The van der Waals surface area contributed by atoms with Gasteiger partial charge in [0.2, 0.25) is 0 Å². The number of pyridine rings is 1. The van der Waals surface area contributed by atoms with Gasteiger partial charge in [-0.25, -0.2) is 4.39 Å². The molecular formula is C24H30FN. The number of hydrogen-bond acceptors (Lipinski definition) is 1. The Bertz CT molecular complexity index is 816. The van der Waals surface area contributed by atoms with E-state index in [2.05, 4.69) is 24.9 Å². The summed E-state index contributed by atoms with van der Waals surface area (Å²) in [5, 5.41) is 2.18. The summed E-state index contributed by atoms with van der Waals surface area (Å²) >= 11 is 0. The second kappa shape index (κ2) is 9.47. The number of halogens is 1. The minimum absolute atomic E-state index is 0.509. The summed E-state index contributed by atoms with van der Waals surface area (Å²) in [6.07, 6.45) is 5.75. The van der Waals surface area contributed by atoms with Gasteiger partial charge < -0.3 is 0 Å². The molecule has 0 aliphatic heterocycles. The minimum Gasteiger partial charge on any atom is -0.256 e. The summed E-state index contributed by atoms with van der Waals surface area (Å²) in [5.41, 5.74) is 1.12. The van der Waals surface area contributed by atoms with E-state index in [9.17, 15) is 0 Å². The lowest BCUT2D eigenvalue weighted by atomic mass is 9.87. The SMILES string of the molecule is CCCC.CCCC(C)(F)c1ccccc1-c1nccc2ccccc12. The summed E-state index contributed by atoms with van der Waals surface area (Å²) in [5.74, 6) is 0. The number of unbranched alkanes of at least 4 members (excludes halogenated alkanes) is 1. The Hall–Kier alpha value is -2.22. The number of rotatable bonds is 5. The summed E-state index contributed by atoms with van der Waals surface area (Å²) in [4.78, 5) is 4.54. The maximum Gasteiger partial charge on any atom is 0.133 e. The lowest BCUT2D eigenvalue weighted by Crippen LogP contribution is -2.16. The molecule has 3 aromatic rings. The molecule has 1 unspecified atom stereocenters. The van der Waals surface area contributed by atoms with E-state index in [1.54, 1.807) is 13.1 Å². The highest BCUT2D eigenvalue weighted by Gasteiger charge is 2.28. The molecule has 1 nitrogen and oxygen atoms in total. The number of aromatic nitrogens is 1. The van der Waals surface area contributed by atoms with Crippen LogP contribution in [0.25, 0.3) is 22.0 Å². The zero-order valence-electron chi connectivity index (χ0n) is 16.4. The fraction of sp³-hybridized carbons (Fsp3) is 0.375. The standard InChI is InChI=1S/C20H20FN.C4H10/c1-3-13-20(2,21)18-11-7-6-10-17(18)19-16-9-5-4-8-15(16)12-14-22-19;1-3-4-2/h4-12,14H,3,13H2,1-2H3;3-4H2,1-2H3. The predicted molar refractivity (Wildman–Crippen MR) is 111 cm³/mol. The van der Waals surface area contributed by atoms with E-state index in [-0.39, 0.29) is 0 Å². The monoisotopic (exact) mass is 351 g/mol. The zero-order chi connectivity index (χ0) is 19.0. The van der Waals surface area contributed by atoms with Crippen LogP contribution in [-0.4, -0.2) is 4.98 Å². The van der Waals surface area contributed by atoms with Gasteiger partial charge in [0, 0.05) is 17.1 Å². The van der Waals surface area contributed by atoms with Gasteiger partial charge in [-0.2, -0.15) is 0 Å². The van der Waals surface area contributed by atoms with E-state index in [0.29, 0.717) is 6.42 Å². The van der Waals surface area contributed by atoms with Gasteiger partial charge in [-0.15, -0.1) is 0 Å². The fourth-order valence-electron chi connectivity index (χ4n) is 3.08. The quantitative estimate of drug-likeness (QED) is 0.459. The Morgan fingerprint density at radius 3 is 2.19 bits per heavy atom. The first-order valence-corrected chi connectivity index (χ1v) is 9.67. The molecule has 0 N–H and O–H groups in total. The number of nitrogens with zero attached hydrogens (tertiary/aromatic N) is 1. The van der Waals surface area contributed by atoms with E-state index >= 15 is 4.39 Å². The van der Waals surface area contributed by atoms with Crippen molar-refractivity contribution in [3.05, 3.63) is 66.4 Å². The summed E-state index contributed by atoms with van der Waals surface area (Å²) in [6.45, 7) is 8.04. The Kier molecular flexibility index (Phi) is 7.32. The first-order valence-electron chi connectivity index (χ1n) is 9.67. The number of fused-ring (bicyclic) bond motifs is 1. The van der Waals surface area contributed by atoms with Gasteiger partial charge in [-0.05, 0) is 30.4 Å². The van der Waals surface area contributed by atoms with Crippen LogP contribution < -0.4 is 0 Å². The topological polar surface area (TPSA) is 12.9 Å². The van der Waals surface area contributed by atoms with Gasteiger partial charge in [-0.3, -0.25) is 4.98 Å². The molecule has 1 heterocycles. The van der Waals surface area contributed by atoms with Crippen molar-refractivity contribution in [2.45, 2.75) is 59.0 Å². The number of benzene rings is 2. The molecule has 0 radical (unpaired) electrons. The average Bonchev–Trinajstić information content (AvgIpc) is 2.68. The van der Waals surface area contributed by atoms with E-state index in [0.717, 1.165) is 34.0 Å². The van der Waals surface area contributed by atoms with E-state index in [4.69, 9.17) is 0 Å². The largest absolute Gasteiger partial charge is 0.256 e.